The highest BCUT2D eigenvalue weighted by Gasteiger charge is 2.00. The lowest BCUT2D eigenvalue weighted by molar-refractivity contribution is -0.136. The van der Waals surface area contributed by atoms with E-state index >= 15 is 0 Å². The van der Waals surface area contributed by atoms with Gasteiger partial charge in [-0.25, -0.2) is 0 Å². The van der Waals surface area contributed by atoms with E-state index in [2.05, 4.69) is 22.8 Å². The van der Waals surface area contributed by atoms with Crippen molar-refractivity contribution in [2.75, 3.05) is 11.9 Å². The Labute approximate surface area is 123 Å². The van der Waals surface area contributed by atoms with Crippen molar-refractivity contribution in [3.8, 4) is 0 Å². The van der Waals surface area contributed by atoms with E-state index in [0.717, 1.165) is 30.6 Å². The molecule has 1 aromatic heterocycles. The van der Waals surface area contributed by atoms with Crippen molar-refractivity contribution >= 4 is 23.0 Å². The van der Waals surface area contributed by atoms with Gasteiger partial charge in [0.15, 0.2) is 0 Å². The second kappa shape index (κ2) is 7.70. The molecule has 0 spiro atoms. The number of unbranched alkanes of at least 4 members (excludes halogenated alkanes) is 1. The summed E-state index contributed by atoms with van der Waals surface area (Å²) in [7, 11) is 0. The summed E-state index contributed by atoms with van der Waals surface area (Å²) < 4.78 is 0. The number of aliphatic carboxylic acids is 1. The maximum atomic E-state index is 10.6. The van der Waals surface area contributed by atoms with Gasteiger partial charge >= 0.3 is 5.97 Å². The third kappa shape index (κ3) is 5.05. The summed E-state index contributed by atoms with van der Waals surface area (Å²) >= 11 is 1.82. The van der Waals surface area contributed by atoms with Crippen LogP contribution in [0.2, 0.25) is 0 Å². The number of anilines is 1. The molecule has 20 heavy (non-hydrogen) atoms. The molecule has 1 heterocycles. The van der Waals surface area contributed by atoms with E-state index in [1.807, 2.05) is 35.6 Å². The van der Waals surface area contributed by atoms with Crippen LogP contribution in [-0.2, 0) is 17.6 Å². The fraction of sp³-hybridized carbons (Fsp3) is 0.312. The van der Waals surface area contributed by atoms with Crippen LogP contribution in [0.15, 0.2) is 41.8 Å². The van der Waals surface area contributed by atoms with Gasteiger partial charge in [-0.2, -0.15) is 0 Å². The standard InChI is InChI=1S/C16H19NO2S/c18-16(19)12-13-6-8-14(9-7-13)17-10-2-1-4-15-5-3-11-20-15/h3,5-9,11,17H,1-2,4,10,12H2,(H,18,19). The zero-order valence-corrected chi connectivity index (χ0v) is 12.2. The highest BCUT2D eigenvalue weighted by Crippen LogP contribution is 2.13. The molecule has 0 saturated heterocycles. The predicted octanol–water partition coefficient (Wildman–Crippen LogP) is 3.81. The molecule has 106 valence electrons. The Bertz CT molecular complexity index is 520. The molecular weight excluding hydrogens is 270 g/mol. The molecule has 0 atom stereocenters. The van der Waals surface area contributed by atoms with E-state index in [-0.39, 0.29) is 6.42 Å². The van der Waals surface area contributed by atoms with Gasteiger partial charge in [0, 0.05) is 17.1 Å². The summed E-state index contributed by atoms with van der Waals surface area (Å²) in [5, 5.41) is 14.2. The summed E-state index contributed by atoms with van der Waals surface area (Å²) in [6, 6.07) is 11.9. The van der Waals surface area contributed by atoms with Gasteiger partial charge in [0.25, 0.3) is 0 Å². The summed E-state index contributed by atoms with van der Waals surface area (Å²) in [4.78, 5) is 12.0. The lowest BCUT2D eigenvalue weighted by atomic mass is 10.1. The first-order chi connectivity index (χ1) is 9.74. The number of carbonyl (C=O) groups is 1. The summed E-state index contributed by atoms with van der Waals surface area (Å²) in [6.07, 6.45) is 3.55. The van der Waals surface area contributed by atoms with Crippen LogP contribution in [0.4, 0.5) is 5.69 Å². The van der Waals surface area contributed by atoms with Gasteiger partial charge in [-0.1, -0.05) is 18.2 Å². The molecular formula is C16H19NO2S. The predicted molar refractivity (Wildman–Crippen MR) is 83.5 cm³/mol. The number of hydrogen-bond acceptors (Lipinski definition) is 3. The van der Waals surface area contributed by atoms with Crippen molar-refractivity contribution in [1.82, 2.24) is 0 Å². The SMILES string of the molecule is O=C(O)Cc1ccc(NCCCCc2cccs2)cc1. The van der Waals surface area contributed by atoms with Gasteiger partial charge in [-0.05, 0) is 48.4 Å². The van der Waals surface area contributed by atoms with Gasteiger partial charge < -0.3 is 10.4 Å². The Morgan fingerprint density at radius 3 is 2.60 bits per heavy atom. The molecule has 0 saturated carbocycles. The van der Waals surface area contributed by atoms with E-state index in [1.54, 1.807) is 0 Å². The third-order valence-electron chi connectivity index (χ3n) is 3.07. The zero-order chi connectivity index (χ0) is 14.2. The highest BCUT2D eigenvalue weighted by atomic mass is 32.1. The van der Waals surface area contributed by atoms with Gasteiger partial charge in [0.1, 0.15) is 0 Å². The Hall–Kier alpha value is -1.81. The fourth-order valence-corrected chi connectivity index (χ4v) is 2.78. The number of carboxylic acid groups (broad SMARTS) is 1. The first kappa shape index (κ1) is 14.6. The van der Waals surface area contributed by atoms with Crippen LogP contribution in [0.1, 0.15) is 23.3 Å². The van der Waals surface area contributed by atoms with Gasteiger partial charge in [0.05, 0.1) is 6.42 Å². The number of rotatable bonds is 8. The summed E-state index contributed by atoms with van der Waals surface area (Å²) in [5.74, 6) is -0.792. The van der Waals surface area contributed by atoms with Crippen molar-refractivity contribution in [3.63, 3.8) is 0 Å². The van der Waals surface area contributed by atoms with Gasteiger partial charge in [0.2, 0.25) is 0 Å². The molecule has 0 aliphatic carbocycles. The van der Waals surface area contributed by atoms with Crippen LogP contribution in [0.3, 0.4) is 0 Å². The van der Waals surface area contributed by atoms with E-state index in [9.17, 15) is 4.79 Å². The third-order valence-corrected chi connectivity index (χ3v) is 4.00. The molecule has 4 heteroatoms. The number of nitrogens with one attached hydrogen (secondary N) is 1. The quantitative estimate of drug-likeness (QED) is 0.727. The van der Waals surface area contributed by atoms with E-state index < -0.39 is 5.97 Å². The number of hydrogen-bond donors (Lipinski definition) is 2. The first-order valence-corrected chi connectivity index (χ1v) is 7.69. The number of aryl methyl sites for hydroxylation is 1. The second-order valence-electron chi connectivity index (χ2n) is 4.73. The summed E-state index contributed by atoms with van der Waals surface area (Å²) in [6.45, 7) is 0.948. The van der Waals surface area contributed by atoms with Crippen molar-refractivity contribution < 1.29 is 9.90 Å². The molecule has 0 amide bonds. The van der Waals surface area contributed by atoms with E-state index in [4.69, 9.17) is 5.11 Å². The molecule has 1 aromatic carbocycles. The molecule has 0 bridgehead atoms. The van der Waals surface area contributed by atoms with E-state index in [1.165, 1.54) is 11.3 Å². The van der Waals surface area contributed by atoms with Crippen molar-refractivity contribution in [3.05, 3.63) is 52.2 Å². The molecule has 2 aromatic rings. The largest absolute Gasteiger partial charge is 0.481 e. The monoisotopic (exact) mass is 289 g/mol. The van der Waals surface area contributed by atoms with Crippen molar-refractivity contribution in [2.24, 2.45) is 0 Å². The Morgan fingerprint density at radius 2 is 1.95 bits per heavy atom. The molecule has 3 nitrogen and oxygen atoms in total. The Balaban J connectivity index is 1.65. The molecule has 2 rings (SSSR count). The highest BCUT2D eigenvalue weighted by molar-refractivity contribution is 7.09. The average Bonchev–Trinajstić information content (AvgIpc) is 2.93. The number of thiophene rings is 1. The van der Waals surface area contributed by atoms with Crippen LogP contribution in [0.5, 0.6) is 0 Å². The van der Waals surface area contributed by atoms with Gasteiger partial charge in [-0.15, -0.1) is 11.3 Å². The normalized spacial score (nSPS) is 10.4. The van der Waals surface area contributed by atoms with Gasteiger partial charge in [-0.3, -0.25) is 4.79 Å². The van der Waals surface area contributed by atoms with Crippen LogP contribution >= 0.6 is 11.3 Å². The second-order valence-corrected chi connectivity index (χ2v) is 5.76. The lowest BCUT2D eigenvalue weighted by Crippen LogP contribution is -2.03. The first-order valence-electron chi connectivity index (χ1n) is 6.81. The maximum Gasteiger partial charge on any atom is 0.307 e. The van der Waals surface area contributed by atoms with Crippen molar-refractivity contribution in [2.45, 2.75) is 25.7 Å². The molecule has 0 radical (unpaired) electrons. The lowest BCUT2D eigenvalue weighted by Gasteiger charge is -2.06. The topological polar surface area (TPSA) is 49.3 Å². The van der Waals surface area contributed by atoms with E-state index in [0.29, 0.717) is 0 Å². The molecule has 0 unspecified atom stereocenters. The van der Waals surface area contributed by atoms with Crippen LogP contribution in [-0.4, -0.2) is 17.6 Å². The Kier molecular flexibility index (Phi) is 5.62. The van der Waals surface area contributed by atoms with Crippen LogP contribution in [0.25, 0.3) is 0 Å². The molecule has 0 aliphatic heterocycles. The smallest absolute Gasteiger partial charge is 0.307 e. The fourth-order valence-electron chi connectivity index (χ4n) is 2.03. The minimum Gasteiger partial charge on any atom is -0.481 e. The number of benzene rings is 1. The summed E-state index contributed by atoms with van der Waals surface area (Å²) in [5.41, 5.74) is 1.89. The maximum absolute atomic E-state index is 10.6. The Morgan fingerprint density at radius 1 is 1.15 bits per heavy atom. The molecule has 0 aliphatic rings. The minimum absolute atomic E-state index is 0.0844. The number of carboxylic acids is 1. The van der Waals surface area contributed by atoms with Crippen LogP contribution < -0.4 is 5.32 Å². The average molecular weight is 289 g/mol. The minimum atomic E-state index is -0.792. The van der Waals surface area contributed by atoms with Crippen LogP contribution in [0, 0.1) is 0 Å². The molecule has 0 fully saturated rings. The van der Waals surface area contributed by atoms with Crippen molar-refractivity contribution in [1.29, 1.82) is 0 Å². The zero-order valence-electron chi connectivity index (χ0n) is 11.3. The molecule has 2 N–H and O–H groups in total.